The fourth-order valence-electron chi connectivity index (χ4n) is 1.80. The topological polar surface area (TPSA) is 35.2 Å². The van der Waals surface area contributed by atoms with Crippen LogP contribution in [0.2, 0.25) is 0 Å². The summed E-state index contributed by atoms with van der Waals surface area (Å²) in [4.78, 5) is 0. The number of hydrogen-bond donors (Lipinski definition) is 1. The second kappa shape index (κ2) is 6.55. The van der Waals surface area contributed by atoms with Gasteiger partial charge >= 0.3 is 0 Å². The number of ether oxygens (including phenoxy) is 1. The quantitative estimate of drug-likeness (QED) is 0.813. The van der Waals surface area contributed by atoms with E-state index in [1.54, 1.807) is 0 Å². The number of nitrogens with two attached hydrogens (primary N) is 1. The first-order valence-electron chi connectivity index (χ1n) is 6.02. The van der Waals surface area contributed by atoms with Crippen LogP contribution in [0.3, 0.4) is 0 Å². The first-order valence-corrected chi connectivity index (χ1v) is 7.60. The van der Waals surface area contributed by atoms with Crippen molar-refractivity contribution in [1.29, 1.82) is 0 Å². The van der Waals surface area contributed by atoms with E-state index in [-0.39, 0.29) is 6.04 Å². The largest absolute Gasteiger partial charge is 0.457 e. The third kappa shape index (κ3) is 4.34. The normalized spacial score (nSPS) is 12.2. The van der Waals surface area contributed by atoms with Gasteiger partial charge in [-0.2, -0.15) is 0 Å². The SMILES string of the molecule is CC(N)Cc1ccc(Br)cc1Oc1cccc(Br)c1. The third-order valence-electron chi connectivity index (χ3n) is 2.59. The standard InChI is InChI=1S/C15H15Br2NO/c1-10(18)7-11-5-6-13(17)9-15(11)19-14-4-2-3-12(16)8-14/h2-6,8-10H,7,18H2,1H3. The highest BCUT2D eigenvalue weighted by Crippen LogP contribution is 2.30. The smallest absolute Gasteiger partial charge is 0.131 e. The molecule has 0 saturated heterocycles. The molecule has 4 heteroatoms. The lowest BCUT2D eigenvalue weighted by Crippen LogP contribution is -2.18. The predicted molar refractivity (Wildman–Crippen MR) is 85.7 cm³/mol. The monoisotopic (exact) mass is 383 g/mol. The highest BCUT2D eigenvalue weighted by molar-refractivity contribution is 9.10. The van der Waals surface area contributed by atoms with Gasteiger partial charge in [0, 0.05) is 15.0 Å². The zero-order valence-electron chi connectivity index (χ0n) is 10.6. The van der Waals surface area contributed by atoms with Gasteiger partial charge in [0.1, 0.15) is 11.5 Å². The summed E-state index contributed by atoms with van der Waals surface area (Å²) in [5.41, 5.74) is 6.98. The summed E-state index contributed by atoms with van der Waals surface area (Å²) in [5, 5.41) is 0. The lowest BCUT2D eigenvalue weighted by molar-refractivity contribution is 0.473. The Bertz CT molecular complexity index is 570. The lowest BCUT2D eigenvalue weighted by atomic mass is 10.1. The van der Waals surface area contributed by atoms with Gasteiger partial charge in [-0.15, -0.1) is 0 Å². The molecular weight excluding hydrogens is 370 g/mol. The molecule has 0 radical (unpaired) electrons. The molecule has 0 aromatic heterocycles. The number of halogens is 2. The minimum Gasteiger partial charge on any atom is -0.457 e. The van der Waals surface area contributed by atoms with Gasteiger partial charge in [-0.05, 0) is 49.2 Å². The molecule has 1 atom stereocenters. The predicted octanol–water partition coefficient (Wildman–Crippen LogP) is 4.89. The maximum Gasteiger partial charge on any atom is 0.131 e. The van der Waals surface area contributed by atoms with Gasteiger partial charge in [-0.1, -0.05) is 44.0 Å². The molecular formula is C15H15Br2NO. The van der Waals surface area contributed by atoms with Crippen LogP contribution in [0.25, 0.3) is 0 Å². The van der Waals surface area contributed by atoms with Crippen LogP contribution in [0, 0.1) is 0 Å². The van der Waals surface area contributed by atoms with Gasteiger partial charge in [0.25, 0.3) is 0 Å². The molecule has 2 rings (SSSR count). The van der Waals surface area contributed by atoms with Crippen molar-refractivity contribution in [3.05, 3.63) is 57.0 Å². The van der Waals surface area contributed by atoms with E-state index in [0.717, 1.165) is 32.4 Å². The number of hydrogen-bond acceptors (Lipinski definition) is 2. The molecule has 0 aliphatic carbocycles. The molecule has 100 valence electrons. The Morgan fingerprint density at radius 1 is 1.11 bits per heavy atom. The van der Waals surface area contributed by atoms with Crippen molar-refractivity contribution in [2.24, 2.45) is 5.73 Å². The summed E-state index contributed by atoms with van der Waals surface area (Å²) in [6.45, 7) is 1.99. The fraction of sp³-hybridized carbons (Fsp3) is 0.200. The maximum atomic E-state index is 5.96. The second-order valence-corrected chi connectivity index (χ2v) is 6.32. The van der Waals surface area contributed by atoms with Crippen LogP contribution in [0.15, 0.2) is 51.4 Å². The van der Waals surface area contributed by atoms with Gasteiger partial charge in [-0.3, -0.25) is 0 Å². The second-order valence-electron chi connectivity index (χ2n) is 4.49. The average molecular weight is 385 g/mol. The molecule has 0 fully saturated rings. The summed E-state index contributed by atoms with van der Waals surface area (Å²) < 4.78 is 7.94. The van der Waals surface area contributed by atoms with Crippen LogP contribution < -0.4 is 10.5 Å². The molecule has 0 heterocycles. The van der Waals surface area contributed by atoms with Crippen molar-refractivity contribution in [2.45, 2.75) is 19.4 Å². The van der Waals surface area contributed by atoms with Gasteiger partial charge < -0.3 is 10.5 Å². The van der Waals surface area contributed by atoms with E-state index < -0.39 is 0 Å². The molecule has 2 aromatic carbocycles. The Labute approximate surface area is 130 Å². The van der Waals surface area contributed by atoms with Crippen molar-refractivity contribution < 1.29 is 4.74 Å². The van der Waals surface area contributed by atoms with Crippen molar-refractivity contribution >= 4 is 31.9 Å². The molecule has 2 nitrogen and oxygen atoms in total. The Hall–Kier alpha value is -0.840. The first kappa shape index (κ1) is 14.6. The van der Waals surface area contributed by atoms with E-state index in [2.05, 4.69) is 31.9 Å². The lowest BCUT2D eigenvalue weighted by Gasteiger charge is -2.13. The zero-order valence-corrected chi connectivity index (χ0v) is 13.7. The highest BCUT2D eigenvalue weighted by atomic mass is 79.9. The minimum absolute atomic E-state index is 0.103. The highest BCUT2D eigenvalue weighted by Gasteiger charge is 2.08. The van der Waals surface area contributed by atoms with Crippen LogP contribution in [0.4, 0.5) is 0 Å². The van der Waals surface area contributed by atoms with Gasteiger partial charge in [0.05, 0.1) is 0 Å². The minimum atomic E-state index is 0.103. The molecule has 1 unspecified atom stereocenters. The molecule has 0 spiro atoms. The van der Waals surface area contributed by atoms with Crippen LogP contribution in [0.1, 0.15) is 12.5 Å². The Morgan fingerprint density at radius 3 is 2.53 bits per heavy atom. The molecule has 0 aliphatic rings. The maximum absolute atomic E-state index is 5.96. The molecule has 19 heavy (non-hydrogen) atoms. The van der Waals surface area contributed by atoms with E-state index in [9.17, 15) is 0 Å². The zero-order chi connectivity index (χ0) is 13.8. The van der Waals surface area contributed by atoms with Crippen LogP contribution in [-0.4, -0.2) is 6.04 Å². The Morgan fingerprint density at radius 2 is 1.84 bits per heavy atom. The molecule has 0 aliphatic heterocycles. The average Bonchev–Trinajstić information content (AvgIpc) is 2.32. The molecule has 2 aromatic rings. The third-order valence-corrected chi connectivity index (χ3v) is 3.58. The van der Waals surface area contributed by atoms with Gasteiger partial charge in [0.2, 0.25) is 0 Å². The van der Waals surface area contributed by atoms with Crippen LogP contribution in [-0.2, 0) is 6.42 Å². The Balaban J connectivity index is 2.30. The molecule has 0 bridgehead atoms. The summed E-state index contributed by atoms with van der Waals surface area (Å²) >= 11 is 6.91. The van der Waals surface area contributed by atoms with Crippen molar-refractivity contribution in [1.82, 2.24) is 0 Å². The fourth-order valence-corrected chi connectivity index (χ4v) is 2.51. The van der Waals surface area contributed by atoms with E-state index in [0.29, 0.717) is 0 Å². The van der Waals surface area contributed by atoms with E-state index in [4.69, 9.17) is 10.5 Å². The number of rotatable bonds is 4. The van der Waals surface area contributed by atoms with Gasteiger partial charge in [0.15, 0.2) is 0 Å². The molecule has 2 N–H and O–H groups in total. The summed E-state index contributed by atoms with van der Waals surface area (Å²) in [5.74, 6) is 1.64. The van der Waals surface area contributed by atoms with Crippen molar-refractivity contribution in [3.8, 4) is 11.5 Å². The summed E-state index contributed by atoms with van der Waals surface area (Å²) in [6, 6.07) is 13.9. The van der Waals surface area contributed by atoms with Crippen LogP contribution in [0.5, 0.6) is 11.5 Å². The van der Waals surface area contributed by atoms with Crippen molar-refractivity contribution in [3.63, 3.8) is 0 Å². The van der Waals surface area contributed by atoms with Crippen molar-refractivity contribution in [2.75, 3.05) is 0 Å². The summed E-state index contributed by atoms with van der Waals surface area (Å²) in [7, 11) is 0. The molecule has 0 saturated carbocycles. The summed E-state index contributed by atoms with van der Waals surface area (Å²) in [6.07, 6.45) is 0.788. The van der Waals surface area contributed by atoms with E-state index in [1.165, 1.54) is 0 Å². The van der Waals surface area contributed by atoms with E-state index in [1.807, 2.05) is 49.4 Å². The number of benzene rings is 2. The first-order chi connectivity index (χ1) is 9.04. The van der Waals surface area contributed by atoms with E-state index >= 15 is 0 Å². The van der Waals surface area contributed by atoms with Crippen LogP contribution >= 0.6 is 31.9 Å². The Kier molecular flexibility index (Phi) is 5.02. The van der Waals surface area contributed by atoms with Gasteiger partial charge in [-0.25, -0.2) is 0 Å². The molecule has 0 amide bonds.